The first-order chi connectivity index (χ1) is 9.43. The second-order valence-corrected chi connectivity index (χ2v) is 4.26. The summed E-state index contributed by atoms with van der Waals surface area (Å²) in [6.45, 7) is 1.43. The van der Waals surface area contributed by atoms with Crippen molar-refractivity contribution < 1.29 is 22.7 Å². The Morgan fingerprint density at radius 2 is 1.70 bits per heavy atom. The number of hydrogen-bond acceptors (Lipinski definition) is 2. The van der Waals surface area contributed by atoms with Gasteiger partial charge in [0.15, 0.2) is 17.3 Å². The monoisotopic (exact) mass is 280 g/mol. The molecule has 2 nitrogen and oxygen atoms in total. The van der Waals surface area contributed by atoms with Crippen LogP contribution in [0.25, 0.3) is 0 Å². The molecule has 20 heavy (non-hydrogen) atoms. The van der Waals surface area contributed by atoms with Crippen LogP contribution in [0.15, 0.2) is 30.3 Å². The van der Waals surface area contributed by atoms with Gasteiger partial charge < -0.3 is 4.74 Å². The van der Waals surface area contributed by atoms with Crippen LogP contribution in [0, 0.1) is 24.4 Å². The summed E-state index contributed by atoms with van der Waals surface area (Å²) in [5.41, 5.74) is -0.0467. The van der Waals surface area contributed by atoms with E-state index in [9.17, 15) is 18.0 Å². The van der Waals surface area contributed by atoms with Gasteiger partial charge in [0.2, 0.25) is 0 Å². The van der Waals surface area contributed by atoms with Crippen molar-refractivity contribution in [1.29, 1.82) is 0 Å². The molecule has 0 aromatic heterocycles. The molecule has 0 spiro atoms. The molecule has 0 aliphatic carbocycles. The van der Waals surface area contributed by atoms with Gasteiger partial charge in [0, 0.05) is 11.6 Å². The second kappa shape index (κ2) is 5.36. The minimum Gasteiger partial charge on any atom is -0.494 e. The van der Waals surface area contributed by atoms with E-state index in [-0.39, 0.29) is 22.4 Å². The molecule has 104 valence electrons. The van der Waals surface area contributed by atoms with Gasteiger partial charge >= 0.3 is 0 Å². The van der Waals surface area contributed by atoms with Crippen LogP contribution in [0.4, 0.5) is 13.2 Å². The molecule has 0 N–H and O–H groups in total. The zero-order chi connectivity index (χ0) is 14.9. The first-order valence-electron chi connectivity index (χ1n) is 5.78. The number of methoxy groups -OCH3 is 1. The van der Waals surface area contributed by atoms with E-state index < -0.39 is 23.2 Å². The highest BCUT2D eigenvalue weighted by Crippen LogP contribution is 2.22. The molecule has 2 rings (SSSR count). The molecule has 0 aliphatic rings. The summed E-state index contributed by atoms with van der Waals surface area (Å²) in [7, 11) is 1.26. The third-order valence-corrected chi connectivity index (χ3v) is 2.91. The number of benzene rings is 2. The van der Waals surface area contributed by atoms with Gasteiger partial charge in [-0.2, -0.15) is 0 Å². The molecule has 0 fully saturated rings. The number of carbonyl (C=O) groups excluding carboxylic acids is 1. The fourth-order valence-electron chi connectivity index (χ4n) is 1.79. The number of halogens is 3. The third kappa shape index (κ3) is 2.52. The highest BCUT2D eigenvalue weighted by atomic mass is 19.1. The summed E-state index contributed by atoms with van der Waals surface area (Å²) in [6, 6.07) is 5.24. The van der Waals surface area contributed by atoms with Crippen molar-refractivity contribution >= 4 is 5.78 Å². The van der Waals surface area contributed by atoms with E-state index in [0.29, 0.717) is 6.07 Å². The van der Waals surface area contributed by atoms with E-state index >= 15 is 0 Å². The van der Waals surface area contributed by atoms with E-state index in [2.05, 4.69) is 0 Å². The quantitative estimate of drug-likeness (QED) is 0.802. The van der Waals surface area contributed by atoms with Crippen LogP contribution < -0.4 is 4.74 Å². The van der Waals surface area contributed by atoms with Crippen molar-refractivity contribution in [2.75, 3.05) is 7.11 Å². The molecule has 0 saturated carbocycles. The highest BCUT2D eigenvalue weighted by Gasteiger charge is 2.18. The summed E-state index contributed by atoms with van der Waals surface area (Å²) in [4.78, 5) is 12.2. The van der Waals surface area contributed by atoms with Crippen LogP contribution >= 0.6 is 0 Å². The number of ether oxygens (including phenoxy) is 1. The Morgan fingerprint density at radius 1 is 1.00 bits per heavy atom. The van der Waals surface area contributed by atoms with Crippen LogP contribution in [0.1, 0.15) is 21.5 Å². The standard InChI is InChI=1S/C15H11F3O2/c1-8-5-10(13(18)7-12(8)17)15(19)9-3-4-11(16)14(6-9)20-2/h3-7H,1-2H3. The fourth-order valence-corrected chi connectivity index (χ4v) is 1.79. The maximum Gasteiger partial charge on any atom is 0.196 e. The van der Waals surface area contributed by atoms with Crippen molar-refractivity contribution in [3.8, 4) is 5.75 Å². The highest BCUT2D eigenvalue weighted by molar-refractivity contribution is 6.09. The minimum absolute atomic E-state index is 0.0631. The number of hydrogen-bond donors (Lipinski definition) is 0. The lowest BCUT2D eigenvalue weighted by molar-refractivity contribution is 0.103. The van der Waals surface area contributed by atoms with Gasteiger partial charge in [0.1, 0.15) is 11.6 Å². The summed E-state index contributed by atoms with van der Waals surface area (Å²) in [6.07, 6.45) is 0. The maximum absolute atomic E-state index is 13.7. The average molecular weight is 280 g/mol. The predicted octanol–water partition coefficient (Wildman–Crippen LogP) is 3.65. The zero-order valence-electron chi connectivity index (χ0n) is 10.8. The topological polar surface area (TPSA) is 26.3 Å². The van der Waals surface area contributed by atoms with Crippen LogP contribution in [0.3, 0.4) is 0 Å². The Kier molecular flexibility index (Phi) is 3.79. The first kappa shape index (κ1) is 14.1. The normalized spacial score (nSPS) is 10.4. The minimum atomic E-state index is -0.957. The van der Waals surface area contributed by atoms with Crippen LogP contribution in [-0.2, 0) is 0 Å². The lowest BCUT2D eigenvalue weighted by Crippen LogP contribution is -2.06. The maximum atomic E-state index is 13.7. The molecule has 0 bridgehead atoms. The van der Waals surface area contributed by atoms with Gasteiger partial charge in [-0.15, -0.1) is 0 Å². The fraction of sp³-hybridized carbons (Fsp3) is 0.133. The Hall–Kier alpha value is -2.30. The van der Waals surface area contributed by atoms with Crippen molar-refractivity contribution in [2.24, 2.45) is 0 Å². The Morgan fingerprint density at radius 3 is 2.35 bits per heavy atom. The van der Waals surface area contributed by atoms with Gasteiger partial charge in [-0.05, 0) is 36.8 Å². The van der Waals surface area contributed by atoms with E-state index in [0.717, 1.165) is 12.1 Å². The van der Waals surface area contributed by atoms with Crippen LogP contribution in [-0.4, -0.2) is 12.9 Å². The molecule has 0 unspecified atom stereocenters. The molecule has 2 aromatic rings. The summed E-state index contributed by atoms with van der Waals surface area (Å²) in [5, 5.41) is 0. The van der Waals surface area contributed by atoms with Gasteiger partial charge in [0.25, 0.3) is 0 Å². The number of carbonyl (C=O) groups is 1. The molecular formula is C15H11F3O2. The van der Waals surface area contributed by atoms with E-state index in [1.807, 2.05) is 0 Å². The van der Waals surface area contributed by atoms with Gasteiger partial charge in [0.05, 0.1) is 12.7 Å². The van der Waals surface area contributed by atoms with Gasteiger partial charge in [-0.25, -0.2) is 13.2 Å². The smallest absolute Gasteiger partial charge is 0.196 e. The molecule has 0 heterocycles. The number of aryl methyl sites for hydroxylation is 1. The molecule has 0 atom stereocenters. The van der Waals surface area contributed by atoms with Crippen molar-refractivity contribution in [2.45, 2.75) is 6.92 Å². The number of rotatable bonds is 3. The molecule has 0 radical (unpaired) electrons. The molecular weight excluding hydrogens is 269 g/mol. The summed E-state index contributed by atoms with van der Waals surface area (Å²) in [5.74, 6) is -3.09. The van der Waals surface area contributed by atoms with E-state index in [4.69, 9.17) is 4.74 Å². The van der Waals surface area contributed by atoms with Gasteiger partial charge in [-0.1, -0.05) is 0 Å². The third-order valence-electron chi connectivity index (χ3n) is 2.91. The SMILES string of the molecule is COc1cc(C(=O)c2cc(C)c(F)cc2F)ccc1F. The van der Waals surface area contributed by atoms with Crippen LogP contribution in [0.2, 0.25) is 0 Å². The molecule has 0 aliphatic heterocycles. The number of ketones is 1. The van der Waals surface area contributed by atoms with E-state index in [1.54, 1.807) is 0 Å². The Labute approximate surface area is 113 Å². The lowest BCUT2D eigenvalue weighted by Gasteiger charge is -2.07. The lowest BCUT2D eigenvalue weighted by atomic mass is 10.0. The largest absolute Gasteiger partial charge is 0.494 e. The van der Waals surface area contributed by atoms with E-state index in [1.165, 1.54) is 26.2 Å². The first-order valence-corrected chi connectivity index (χ1v) is 5.78. The van der Waals surface area contributed by atoms with Crippen molar-refractivity contribution in [3.63, 3.8) is 0 Å². The summed E-state index contributed by atoms with van der Waals surface area (Å²) < 4.78 is 44.9. The average Bonchev–Trinajstić information content (AvgIpc) is 2.42. The zero-order valence-corrected chi connectivity index (χ0v) is 10.8. The summed E-state index contributed by atoms with van der Waals surface area (Å²) >= 11 is 0. The molecule has 0 amide bonds. The molecule has 2 aromatic carbocycles. The molecule has 0 saturated heterocycles. The van der Waals surface area contributed by atoms with Crippen molar-refractivity contribution in [1.82, 2.24) is 0 Å². The Bertz CT molecular complexity index is 681. The van der Waals surface area contributed by atoms with Gasteiger partial charge in [-0.3, -0.25) is 4.79 Å². The predicted molar refractivity (Wildman–Crippen MR) is 67.5 cm³/mol. The molecule has 5 heteroatoms. The second-order valence-electron chi connectivity index (χ2n) is 4.26. The Balaban J connectivity index is 2.49. The van der Waals surface area contributed by atoms with Crippen molar-refractivity contribution in [3.05, 3.63) is 64.5 Å². The van der Waals surface area contributed by atoms with Crippen LogP contribution in [0.5, 0.6) is 5.75 Å².